The van der Waals surface area contributed by atoms with Crippen molar-refractivity contribution < 1.29 is 9.90 Å². The summed E-state index contributed by atoms with van der Waals surface area (Å²) >= 11 is 0. The lowest BCUT2D eigenvalue weighted by molar-refractivity contribution is 0.0979. The molecular formula is C18H20O2. The predicted octanol–water partition coefficient (Wildman–Crippen LogP) is 4.76. The summed E-state index contributed by atoms with van der Waals surface area (Å²) in [4.78, 5) is 11.9. The number of carbonyl (C=O) groups excluding carboxylic acids is 1. The van der Waals surface area contributed by atoms with Gasteiger partial charge in [-0.25, -0.2) is 0 Å². The van der Waals surface area contributed by atoms with Gasteiger partial charge < -0.3 is 5.11 Å². The van der Waals surface area contributed by atoms with Gasteiger partial charge in [0.25, 0.3) is 0 Å². The lowest BCUT2D eigenvalue weighted by Gasteiger charge is -2.03. The number of hydrogen-bond acceptors (Lipinski definition) is 2. The van der Waals surface area contributed by atoms with Gasteiger partial charge in [-0.1, -0.05) is 61.1 Å². The molecule has 1 N–H and O–H groups in total. The van der Waals surface area contributed by atoms with Crippen molar-refractivity contribution in [3.63, 3.8) is 0 Å². The van der Waals surface area contributed by atoms with Gasteiger partial charge in [0.05, 0.1) is 5.76 Å². The lowest BCUT2D eigenvalue weighted by Crippen LogP contribution is -1.98. The van der Waals surface area contributed by atoms with Crippen LogP contribution in [0.25, 0.3) is 0 Å². The van der Waals surface area contributed by atoms with Crippen LogP contribution in [0.5, 0.6) is 0 Å². The van der Waals surface area contributed by atoms with Crippen LogP contribution < -0.4 is 0 Å². The zero-order valence-electron chi connectivity index (χ0n) is 11.6. The zero-order valence-corrected chi connectivity index (χ0v) is 11.6. The molecule has 0 saturated heterocycles. The second-order valence-electron chi connectivity index (χ2n) is 4.97. The minimum atomic E-state index is 0.204. The average Bonchev–Trinajstić information content (AvgIpc) is 3.01. The Morgan fingerprint density at radius 1 is 0.900 bits per heavy atom. The molecule has 1 aromatic rings. The molecule has 2 rings (SSSR count). The van der Waals surface area contributed by atoms with Gasteiger partial charge in [0.2, 0.25) is 0 Å². The van der Waals surface area contributed by atoms with Crippen molar-refractivity contribution in [2.75, 3.05) is 0 Å². The van der Waals surface area contributed by atoms with E-state index in [-0.39, 0.29) is 5.78 Å². The smallest absolute Gasteiger partial charge is 0.162 e. The monoisotopic (exact) mass is 268 g/mol. The van der Waals surface area contributed by atoms with Crippen molar-refractivity contribution in [3.05, 3.63) is 71.5 Å². The molecule has 0 amide bonds. The van der Waals surface area contributed by atoms with Gasteiger partial charge in [0.15, 0.2) is 5.78 Å². The summed E-state index contributed by atoms with van der Waals surface area (Å²) < 4.78 is 0. The highest BCUT2D eigenvalue weighted by molar-refractivity contribution is 5.95. The first-order valence-corrected chi connectivity index (χ1v) is 7.12. The number of allylic oxidation sites excluding steroid dienone is 6. The maximum Gasteiger partial charge on any atom is 0.162 e. The third kappa shape index (κ3) is 4.23. The van der Waals surface area contributed by atoms with Gasteiger partial charge in [0, 0.05) is 24.0 Å². The van der Waals surface area contributed by atoms with Crippen LogP contribution >= 0.6 is 0 Å². The summed E-state index contributed by atoms with van der Waals surface area (Å²) in [6, 6.07) is 9.41. The molecular weight excluding hydrogens is 248 g/mol. The Bertz CT molecular complexity index is 522. The highest BCUT2D eigenvalue weighted by Gasteiger charge is 2.05. The third-order valence-corrected chi connectivity index (χ3v) is 3.41. The summed E-state index contributed by atoms with van der Waals surface area (Å²) in [5.41, 5.74) is 1.70. The van der Waals surface area contributed by atoms with E-state index in [1.54, 1.807) is 0 Å². The summed E-state index contributed by atoms with van der Waals surface area (Å²) in [5, 5.41) is 9.85. The molecule has 0 unspecified atom stereocenters. The van der Waals surface area contributed by atoms with Gasteiger partial charge in [-0.2, -0.15) is 0 Å². The minimum absolute atomic E-state index is 0.204. The van der Waals surface area contributed by atoms with E-state index in [1.165, 1.54) is 0 Å². The Balaban J connectivity index is 1.65. The summed E-state index contributed by atoms with van der Waals surface area (Å²) in [7, 11) is 0. The van der Waals surface area contributed by atoms with Crippen molar-refractivity contribution in [2.24, 2.45) is 0 Å². The molecule has 1 aromatic carbocycles. The highest BCUT2D eigenvalue weighted by Crippen LogP contribution is 2.17. The predicted molar refractivity (Wildman–Crippen MR) is 81.8 cm³/mol. The number of aliphatic hydroxyl groups excluding tert-OH is 1. The molecule has 0 aliphatic heterocycles. The summed E-state index contributed by atoms with van der Waals surface area (Å²) in [6.07, 6.45) is 11.7. The number of rotatable bonds is 7. The Kier molecular flexibility index (Phi) is 5.36. The van der Waals surface area contributed by atoms with Crippen LogP contribution in [-0.2, 0) is 0 Å². The van der Waals surface area contributed by atoms with Crippen LogP contribution in [-0.4, -0.2) is 10.9 Å². The van der Waals surface area contributed by atoms with E-state index < -0.39 is 0 Å². The molecule has 20 heavy (non-hydrogen) atoms. The first kappa shape index (κ1) is 14.3. The van der Waals surface area contributed by atoms with Gasteiger partial charge in [-0.3, -0.25) is 4.79 Å². The molecule has 2 heteroatoms. The van der Waals surface area contributed by atoms with E-state index in [2.05, 4.69) is 0 Å². The number of benzene rings is 1. The van der Waals surface area contributed by atoms with Crippen molar-refractivity contribution >= 4 is 5.78 Å². The number of carbonyl (C=O) groups is 1. The van der Waals surface area contributed by atoms with Gasteiger partial charge in [-0.15, -0.1) is 0 Å². The molecule has 104 valence electrons. The summed E-state index contributed by atoms with van der Waals surface area (Å²) in [6.45, 7) is 0. The van der Waals surface area contributed by atoms with E-state index in [1.807, 2.05) is 54.6 Å². The number of aliphatic hydroxyl groups is 1. The highest BCUT2D eigenvalue weighted by atomic mass is 16.3. The Morgan fingerprint density at radius 2 is 1.55 bits per heavy atom. The molecule has 0 atom stereocenters. The zero-order chi connectivity index (χ0) is 14.2. The van der Waals surface area contributed by atoms with Gasteiger partial charge in [-0.05, 0) is 12.8 Å². The van der Waals surface area contributed by atoms with Crippen LogP contribution in [0.3, 0.4) is 0 Å². The minimum Gasteiger partial charge on any atom is -0.512 e. The normalized spacial score (nSPS) is 12.9. The molecule has 1 aliphatic rings. The van der Waals surface area contributed by atoms with Crippen LogP contribution in [0.1, 0.15) is 42.5 Å². The third-order valence-electron chi connectivity index (χ3n) is 3.41. The fraction of sp³-hybridized carbons (Fsp3) is 0.278. The first-order valence-electron chi connectivity index (χ1n) is 7.12. The fourth-order valence-electron chi connectivity index (χ4n) is 2.23. The molecule has 0 fully saturated rings. The average molecular weight is 268 g/mol. The van der Waals surface area contributed by atoms with Gasteiger partial charge in [0.1, 0.15) is 0 Å². The Hall–Kier alpha value is -2.09. The van der Waals surface area contributed by atoms with E-state index in [0.29, 0.717) is 18.6 Å². The van der Waals surface area contributed by atoms with Gasteiger partial charge >= 0.3 is 0 Å². The largest absolute Gasteiger partial charge is 0.512 e. The quantitative estimate of drug-likeness (QED) is 0.440. The first-order chi connectivity index (χ1) is 9.77. The second-order valence-corrected chi connectivity index (χ2v) is 4.97. The molecule has 2 nitrogen and oxygen atoms in total. The lowest BCUT2D eigenvalue weighted by atomic mass is 10.0. The van der Waals surface area contributed by atoms with Crippen LogP contribution in [0, 0.1) is 0 Å². The second kappa shape index (κ2) is 7.49. The Labute approximate surface area is 120 Å². The molecule has 0 radical (unpaired) electrons. The van der Waals surface area contributed by atoms with Crippen LogP contribution in [0.2, 0.25) is 0 Å². The number of unbranched alkanes of at least 4 members (excludes halogenated alkanes) is 2. The molecule has 1 aliphatic carbocycles. The van der Waals surface area contributed by atoms with E-state index >= 15 is 0 Å². The maximum absolute atomic E-state index is 11.9. The van der Waals surface area contributed by atoms with E-state index in [9.17, 15) is 9.90 Å². The standard InChI is InChI=1S/C18H20O2/c19-17(15-9-3-1-4-10-15)13-5-2-6-14-18(20)16-11-7-8-12-16/h1,3-4,7-12,20H,2,5-6,13-14H2. The molecule has 0 saturated carbocycles. The number of ketones is 1. The van der Waals surface area contributed by atoms with Crippen molar-refractivity contribution in [1.29, 1.82) is 0 Å². The van der Waals surface area contributed by atoms with Crippen molar-refractivity contribution in [2.45, 2.75) is 32.1 Å². The Morgan fingerprint density at radius 3 is 2.25 bits per heavy atom. The van der Waals surface area contributed by atoms with Crippen molar-refractivity contribution in [1.82, 2.24) is 0 Å². The molecule has 0 heterocycles. The van der Waals surface area contributed by atoms with E-state index in [0.717, 1.165) is 30.4 Å². The summed E-state index contributed by atoms with van der Waals surface area (Å²) in [5.74, 6) is 0.652. The van der Waals surface area contributed by atoms with E-state index in [4.69, 9.17) is 0 Å². The van der Waals surface area contributed by atoms with Crippen LogP contribution in [0.15, 0.2) is 66.0 Å². The number of Topliss-reactive ketones (excluding diaryl/α,β-unsaturated/α-hetero) is 1. The SMILES string of the molecule is O=C(CCCCCC(O)=C1C=CC=C1)c1ccccc1. The number of hydrogen-bond donors (Lipinski definition) is 1. The van der Waals surface area contributed by atoms with Crippen molar-refractivity contribution in [3.8, 4) is 0 Å². The fourth-order valence-corrected chi connectivity index (χ4v) is 2.23. The molecule has 0 bridgehead atoms. The molecule has 0 spiro atoms. The molecule has 0 aromatic heterocycles. The van der Waals surface area contributed by atoms with Crippen LogP contribution in [0.4, 0.5) is 0 Å². The maximum atomic E-state index is 11.9. The topological polar surface area (TPSA) is 37.3 Å².